The second-order valence-electron chi connectivity index (χ2n) is 3.69. The average molecular weight is 229 g/mol. The van der Waals surface area contributed by atoms with Crippen LogP contribution in [0.15, 0.2) is 44.5 Å². The molecule has 5 nitrogen and oxygen atoms in total. The molecule has 2 heterocycles. The molecule has 0 saturated carbocycles. The molecule has 0 atom stereocenters. The van der Waals surface area contributed by atoms with Crippen LogP contribution in [0.5, 0.6) is 5.75 Å². The quantitative estimate of drug-likeness (QED) is 0.570. The van der Waals surface area contributed by atoms with Crippen molar-refractivity contribution in [3.05, 3.63) is 51.1 Å². The van der Waals surface area contributed by atoms with Gasteiger partial charge in [-0.15, -0.1) is 0 Å². The third kappa shape index (κ3) is 1.40. The van der Waals surface area contributed by atoms with Gasteiger partial charge < -0.3 is 14.5 Å². The van der Waals surface area contributed by atoms with E-state index in [1.165, 1.54) is 24.4 Å². The van der Waals surface area contributed by atoms with E-state index in [2.05, 4.69) is 4.98 Å². The zero-order valence-corrected chi connectivity index (χ0v) is 8.56. The van der Waals surface area contributed by atoms with Crippen molar-refractivity contribution in [2.75, 3.05) is 0 Å². The van der Waals surface area contributed by atoms with E-state index in [4.69, 9.17) is 4.42 Å². The monoisotopic (exact) mass is 229 g/mol. The van der Waals surface area contributed by atoms with Crippen LogP contribution in [0.1, 0.15) is 0 Å². The zero-order chi connectivity index (χ0) is 12.0. The summed E-state index contributed by atoms with van der Waals surface area (Å²) in [5.41, 5.74) is -0.0225. The molecule has 0 aliphatic rings. The van der Waals surface area contributed by atoms with Gasteiger partial charge in [0.1, 0.15) is 5.75 Å². The Kier molecular flexibility index (Phi) is 1.82. The molecule has 0 spiro atoms. The van der Waals surface area contributed by atoms with E-state index >= 15 is 0 Å². The van der Waals surface area contributed by atoms with Gasteiger partial charge in [0.25, 0.3) is 0 Å². The third-order valence-corrected chi connectivity index (χ3v) is 2.57. The van der Waals surface area contributed by atoms with Crippen molar-refractivity contribution in [2.45, 2.75) is 0 Å². The van der Waals surface area contributed by atoms with Crippen LogP contribution in [0.2, 0.25) is 0 Å². The summed E-state index contributed by atoms with van der Waals surface area (Å²) in [7, 11) is 0. The number of aromatic hydroxyl groups is 1. The molecule has 0 fully saturated rings. The van der Waals surface area contributed by atoms with Crippen LogP contribution in [-0.2, 0) is 0 Å². The lowest BCUT2D eigenvalue weighted by Crippen LogP contribution is -2.05. The molecule has 0 saturated heterocycles. The number of hydrogen-bond donors (Lipinski definition) is 2. The Bertz CT molecular complexity index is 844. The normalized spacial score (nSPS) is 11.1. The van der Waals surface area contributed by atoms with Crippen molar-refractivity contribution in [3.8, 4) is 5.75 Å². The van der Waals surface area contributed by atoms with Crippen LogP contribution in [0, 0.1) is 0 Å². The molecular formula is C12H7NO4. The lowest BCUT2D eigenvalue weighted by atomic mass is 10.1. The second kappa shape index (κ2) is 3.21. The molecule has 0 unspecified atom stereocenters. The van der Waals surface area contributed by atoms with Crippen molar-refractivity contribution in [3.63, 3.8) is 0 Å². The SMILES string of the molecule is O=c1ccc2c(c1)c(=O)oc1cc(O)c[nH]c12. The Morgan fingerprint density at radius 1 is 1.12 bits per heavy atom. The molecule has 0 amide bonds. The van der Waals surface area contributed by atoms with E-state index in [1.54, 1.807) is 6.07 Å². The molecule has 0 radical (unpaired) electrons. The first kappa shape index (κ1) is 9.65. The van der Waals surface area contributed by atoms with Gasteiger partial charge in [-0.05, 0) is 12.1 Å². The first-order chi connectivity index (χ1) is 8.15. The molecule has 5 heteroatoms. The Morgan fingerprint density at radius 3 is 2.76 bits per heavy atom. The first-order valence-electron chi connectivity index (χ1n) is 4.93. The predicted octanol–water partition coefficient (Wildman–Crippen LogP) is 1.34. The maximum atomic E-state index is 11.7. The van der Waals surface area contributed by atoms with Crippen LogP contribution >= 0.6 is 0 Å². The highest BCUT2D eigenvalue weighted by atomic mass is 16.4. The summed E-state index contributed by atoms with van der Waals surface area (Å²) in [6, 6.07) is 5.52. The number of rotatable bonds is 0. The molecule has 3 aromatic rings. The van der Waals surface area contributed by atoms with Crippen LogP contribution in [0.4, 0.5) is 0 Å². The van der Waals surface area contributed by atoms with Gasteiger partial charge >= 0.3 is 5.63 Å². The van der Waals surface area contributed by atoms with Crippen LogP contribution in [-0.4, -0.2) is 10.1 Å². The van der Waals surface area contributed by atoms with Crippen molar-refractivity contribution in [1.82, 2.24) is 4.98 Å². The Labute approximate surface area is 93.9 Å². The standard InChI is InChI=1S/C12H7NO4/c14-6-1-2-8-9(3-6)12(16)17-10-4-7(15)5-13-11(8)10/h1-5,13,15H. The summed E-state index contributed by atoms with van der Waals surface area (Å²) in [5.74, 6) is -0.0274. The molecule has 2 aromatic heterocycles. The van der Waals surface area contributed by atoms with E-state index in [0.29, 0.717) is 10.9 Å². The number of aromatic amines is 1. The highest BCUT2D eigenvalue weighted by Gasteiger charge is 2.08. The van der Waals surface area contributed by atoms with E-state index in [1.807, 2.05) is 0 Å². The number of hydrogen-bond acceptors (Lipinski definition) is 4. The minimum atomic E-state index is -0.593. The van der Waals surface area contributed by atoms with Crippen LogP contribution in [0.25, 0.3) is 21.9 Å². The fourth-order valence-electron chi connectivity index (χ4n) is 1.82. The summed E-state index contributed by atoms with van der Waals surface area (Å²) in [5, 5.41) is 10.1. The van der Waals surface area contributed by atoms with E-state index < -0.39 is 5.63 Å². The highest BCUT2D eigenvalue weighted by molar-refractivity contribution is 6.01. The minimum absolute atomic E-state index is 0.0274. The summed E-state index contributed by atoms with van der Waals surface area (Å²) >= 11 is 0. The number of aromatic nitrogens is 1. The maximum Gasteiger partial charge on any atom is 0.344 e. The summed E-state index contributed by atoms with van der Waals surface area (Å²) in [4.78, 5) is 25.7. The van der Waals surface area contributed by atoms with Gasteiger partial charge in [-0.2, -0.15) is 0 Å². The van der Waals surface area contributed by atoms with Crippen LogP contribution < -0.4 is 11.1 Å². The molecular weight excluding hydrogens is 222 g/mol. The topological polar surface area (TPSA) is 83.3 Å². The molecule has 0 bridgehead atoms. The maximum absolute atomic E-state index is 11.7. The van der Waals surface area contributed by atoms with Gasteiger partial charge in [0.2, 0.25) is 0 Å². The lowest BCUT2D eigenvalue weighted by molar-refractivity contribution is 0.470. The third-order valence-electron chi connectivity index (χ3n) is 2.57. The highest BCUT2D eigenvalue weighted by Crippen LogP contribution is 2.22. The fourth-order valence-corrected chi connectivity index (χ4v) is 1.82. The zero-order valence-electron chi connectivity index (χ0n) is 8.56. The molecule has 17 heavy (non-hydrogen) atoms. The molecule has 0 aliphatic heterocycles. The van der Waals surface area contributed by atoms with E-state index in [9.17, 15) is 14.7 Å². The number of H-pyrrole nitrogens is 1. The summed E-state index contributed by atoms with van der Waals surface area (Å²) in [6.45, 7) is 0. The number of pyridine rings is 1. The molecule has 3 rings (SSSR count). The average Bonchev–Trinajstić information content (AvgIpc) is 2.29. The Balaban J connectivity index is 2.65. The fraction of sp³-hybridized carbons (Fsp3) is 0. The van der Waals surface area contributed by atoms with Gasteiger partial charge in [-0.25, -0.2) is 4.79 Å². The summed E-state index contributed by atoms with van der Waals surface area (Å²) < 4.78 is 5.03. The van der Waals surface area contributed by atoms with Gasteiger partial charge in [0.05, 0.1) is 10.9 Å². The van der Waals surface area contributed by atoms with Crippen molar-refractivity contribution < 1.29 is 9.52 Å². The van der Waals surface area contributed by atoms with Gasteiger partial charge in [-0.3, -0.25) is 4.79 Å². The van der Waals surface area contributed by atoms with E-state index in [-0.39, 0.29) is 22.1 Å². The number of fused-ring (bicyclic) bond motifs is 3. The number of benzene rings is 1. The summed E-state index contributed by atoms with van der Waals surface area (Å²) in [6.07, 6.45) is 1.38. The smallest absolute Gasteiger partial charge is 0.344 e. The molecule has 1 aromatic carbocycles. The number of nitrogens with one attached hydrogen (secondary N) is 1. The minimum Gasteiger partial charge on any atom is -0.506 e. The van der Waals surface area contributed by atoms with Gasteiger partial charge in [0.15, 0.2) is 11.0 Å². The van der Waals surface area contributed by atoms with Crippen molar-refractivity contribution in [2.24, 2.45) is 0 Å². The molecule has 84 valence electrons. The molecule has 2 N–H and O–H groups in total. The molecule has 0 aliphatic carbocycles. The first-order valence-corrected chi connectivity index (χ1v) is 4.93. The van der Waals surface area contributed by atoms with Crippen LogP contribution in [0.3, 0.4) is 0 Å². The van der Waals surface area contributed by atoms with Crippen molar-refractivity contribution >= 4 is 21.9 Å². The Hall–Kier alpha value is -2.56. The predicted molar refractivity (Wildman–Crippen MR) is 62.3 cm³/mol. The Morgan fingerprint density at radius 2 is 1.94 bits per heavy atom. The van der Waals surface area contributed by atoms with E-state index in [0.717, 1.165) is 0 Å². The lowest BCUT2D eigenvalue weighted by Gasteiger charge is -2.02. The van der Waals surface area contributed by atoms with Gasteiger partial charge in [-0.1, -0.05) is 0 Å². The van der Waals surface area contributed by atoms with Crippen molar-refractivity contribution in [1.29, 1.82) is 0 Å². The van der Waals surface area contributed by atoms with Gasteiger partial charge in [0, 0.05) is 23.7 Å². The largest absolute Gasteiger partial charge is 0.506 e. The second-order valence-corrected chi connectivity index (χ2v) is 3.69.